The molecule has 0 unspecified atom stereocenters. The van der Waals surface area contributed by atoms with Gasteiger partial charge in [0.2, 0.25) is 0 Å². The smallest absolute Gasteiger partial charge is 0.328 e. The number of hydrogen-bond acceptors (Lipinski definition) is 2. The van der Waals surface area contributed by atoms with Gasteiger partial charge in [-0.15, -0.1) is 13.2 Å². The molecule has 1 aromatic rings. The number of rotatable bonds is 2. The maximum atomic E-state index is 9.55. The van der Waals surface area contributed by atoms with E-state index in [1.807, 2.05) is 36.4 Å². The lowest BCUT2D eigenvalue weighted by Crippen LogP contribution is -1.91. The molecule has 4 heteroatoms. The normalized spacial score (nSPS) is 8.00. The number of carboxylic acids is 2. The van der Waals surface area contributed by atoms with Crippen LogP contribution in [0, 0.1) is 0 Å². The van der Waals surface area contributed by atoms with Crippen molar-refractivity contribution in [1.82, 2.24) is 0 Å². The molecule has 0 aliphatic heterocycles. The fraction of sp³-hybridized carbons (Fsp3) is 0. The quantitative estimate of drug-likeness (QED) is 0.594. The Hall–Kier alpha value is -2.36. The van der Waals surface area contributed by atoms with Crippen LogP contribution in [0.15, 0.2) is 61.7 Å². The van der Waals surface area contributed by atoms with Crippen molar-refractivity contribution in [2.24, 2.45) is 0 Å². The van der Waals surface area contributed by atoms with Crippen LogP contribution < -0.4 is 0 Å². The molecule has 0 atom stereocenters. The van der Waals surface area contributed by atoms with Crippen LogP contribution in [0.2, 0.25) is 0 Å². The van der Waals surface area contributed by atoms with Crippen molar-refractivity contribution in [2.45, 2.75) is 0 Å². The zero-order valence-corrected chi connectivity index (χ0v) is 8.74. The standard InChI is InChI=1S/C6H6.C4H4O4.C2H4/c1-2-4-6-5-3-1;5-3(6)1-2-4(7)8;1-2/h1-6H;1-2H,(H,5,6)(H,7,8);1-2H2. The molecule has 2 N–H and O–H groups in total. The van der Waals surface area contributed by atoms with Gasteiger partial charge in [-0.1, -0.05) is 36.4 Å². The molecule has 0 saturated carbocycles. The lowest BCUT2D eigenvalue weighted by atomic mass is 10.4. The van der Waals surface area contributed by atoms with E-state index in [2.05, 4.69) is 13.2 Å². The van der Waals surface area contributed by atoms with Crippen molar-refractivity contribution in [3.8, 4) is 0 Å². The highest BCUT2D eigenvalue weighted by Gasteiger charge is 1.88. The minimum Gasteiger partial charge on any atom is -0.478 e. The Bertz CT molecular complexity index is 274. The lowest BCUT2D eigenvalue weighted by Gasteiger charge is -1.74. The highest BCUT2D eigenvalue weighted by atomic mass is 16.4. The molecule has 4 nitrogen and oxygen atoms in total. The molecular formula is C12H14O4. The fourth-order valence-corrected chi connectivity index (χ4v) is 0.527. The van der Waals surface area contributed by atoms with E-state index in [1.165, 1.54) is 0 Å². The number of carbonyl (C=O) groups is 2. The number of hydrogen-bond donors (Lipinski definition) is 2. The first-order valence-corrected chi connectivity index (χ1v) is 4.27. The molecule has 1 aromatic carbocycles. The first-order valence-electron chi connectivity index (χ1n) is 4.27. The monoisotopic (exact) mass is 222 g/mol. The van der Waals surface area contributed by atoms with Crippen molar-refractivity contribution in [3.63, 3.8) is 0 Å². The third-order valence-electron chi connectivity index (χ3n) is 1.04. The molecule has 0 spiro atoms. The molecule has 0 amide bonds. The zero-order chi connectivity index (χ0) is 12.8. The van der Waals surface area contributed by atoms with Gasteiger partial charge < -0.3 is 10.2 Å². The van der Waals surface area contributed by atoms with E-state index >= 15 is 0 Å². The number of carboxylic acid groups (broad SMARTS) is 2. The minimum atomic E-state index is -1.26. The number of benzene rings is 1. The van der Waals surface area contributed by atoms with Crippen molar-refractivity contribution >= 4 is 11.9 Å². The summed E-state index contributed by atoms with van der Waals surface area (Å²) in [4.78, 5) is 19.1. The van der Waals surface area contributed by atoms with Crippen molar-refractivity contribution < 1.29 is 19.8 Å². The molecule has 0 aliphatic rings. The fourth-order valence-electron chi connectivity index (χ4n) is 0.527. The van der Waals surface area contributed by atoms with E-state index in [-0.39, 0.29) is 0 Å². The van der Waals surface area contributed by atoms with Gasteiger partial charge in [0.05, 0.1) is 0 Å². The average molecular weight is 222 g/mol. The third-order valence-corrected chi connectivity index (χ3v) is 1.04. The molecule has 16 heavy (non-hydrogen) atoms. The molecule has 0 aromatic heterocycles. The summed E-state index contributed by atoms with van der Waals surface area (Å²) >= 11 is 0. The van der Waals surface area contributed by atoms with Gasteiger partial charge in [-0.3, -0.25) is 0 Å². The third kappa shape index (κ3) is 17.7. The zero-order valence-electron chi connectivity index (χ0n) is 8.74. The van der Waals surface area contributed by atoms with Crippen LogP contribution in [-0.4, -0.2) is 22.2 Å². The highest BCUT2D eigenvalue weighted by Crippen LogP contribution is 1.79. The predicted molar refractivity (Wildman–Crippen MR) is 62.1 cm³/mol. The molecule has 1 rings (SSSR count). The molecule has 0 fully saturated rings. The summed E-state index contributed by atoms with van der Waals surface area (Å²) in [5, 5.41) is 15.6. The van der Waals surface area contributed by atoms with Crippen LogP contribution >= 0.6 is 0 Å². The second kappa shape index (κ2) is 12.6. The highest BCUT2D eigenvalue weighted by molar-refractivity contribution is 5.89. The van der Waals surface area contributed by atoms with Gasteiger partial charge in [0.1, 0.15) is 0 Å². The molecule has 0 bridgehead atoms. The van der Waals surface area contributed by atoms with Crippen LogP contribution in [-0.2, 0) is 9.59 Å². The van der Waals surface area contributed by atoms with E-state index in [1.54, 1.807) is 0 Å². The Morgan fingerprint density at radius 1 is 0.750 bits per heavy atom. The first kappa shape index (κ1) is 16.1. The first-order chi connectivity index (χ1) is 7.63. The predicted octanol–water partition coefficient (Wildman–Crippen LogP) is 2.20. The maximum Gasteiger partial charge on any atom is 0.328 e. The van der Waals surface area contributed by atoms with Crippen molar-refractivity contribution in [1.29, 1.82) is 0 Å². The van der Waals surface area contributed by atoms with E-state index in [0.717, 1.165) is 0 Å². The molecule has 0 aliphatic carbocycles. The van der Waals surface area contributed by atoms with Crippen LogP contribution in [0.25, 0.3) is 0 Å². The minimum absolute atomic E-state index is 0.558. The summed E-state index contributed by atoms with van der Waals surface area (Å²) in [7, 11) is 0. The van der Waals surface area contributed by atoms with Gasteiger partial charge in [-0.25, -0.2) is 9.59 Å². The summed E-state index contributed by atoms with van der Waals surface area (Å²) in [5.41, 5.74) is 0. The molecule has 0 radical (unpaired) electrons. The Morgan fingerprint density at radius 2 is 0.938 bits per heavy atom. The Morgan fingerprint density at radius 3 is 1.06 bits per heavy atom. The Kier molecular flexibility index (Phi) is 12.7. The van der Waals surface area contributed by atoms with E-state index in [0.29, 0.717) is 12.2 Å². The van der Waals surface area contributed by atoms with Crippen molar-refractivity contribution in [2.75, 3.05) is 0 Å². The largest absolute Gasteiger partial charge is 0.478 e. The van der Waals surface area contributed by atoms with Gasteiger partial charge in [0, 0.05) is 12.2 Å². The van der Waals surface area contributed by atoms with Gasteiger partial charge in [-0.2, -0.15) is 0 Å². The topological polar surface area (TPSA) is 74.6 Å². The van der Waals surface area contributed by atoms with E-state index < -0.39 is 11.9 Å². The van der Waals surface area contributed by atoms with E-state index in [9.17, 15) is 9.59 Å². The van der Waals surface area contributed by atoms with E-state index in [4.69, 9.17) is 10.2 Å². The summed E-state index contributed by atoms with van der Waals surface area (Å²) in [6.07, 6.45) is 1.12. The SMILES string of the molecule is C=C.O=C(O)C=CC(=O)O.c1ccccc1. The summed E-state index contributed by atoms with van der Waals surface area (Å²) < 4.78 is 0. The second-order valence-corrected chi connectivity index (χ2v) is 2.16. The molecule has 86 valence electrons. The summed E-state index contributed by atoms with van der Waals surface area (Å²) in [5.74, 6) is -2.51. The van der Waals surface area contributed by atoms with Crippen LogP contribution in [0.1, 0.15) is 0 Å². The van der Waals surface area contributed by atoms with Crippen LogP contribution in [0.5, 0.6) is 0 Å². The summed E-state index contributed by atoms with van der Waals surface area (Å²) in [6, 6.07) is 12.0. The van der Waals surface area contributed by atoms with Gasteiger partial charge in [-0.05, 0) is 0 Å². The Balaban J connectivity index is 0. The number of aliphatic carboxylic acids is 2. The second-order valence-electron chi connectivity index (χ2n) is 2.16. The molecule has 0 saturated heterocycles. The maximum absolute atomic E-state index is 9.55. The summed E-state index contributed by atoms with van der Waals surface area (Å²) in [6.45, 7) is 6.00. The lowest BCUT2D eigenvalue weighted by molar-refractivity contribution is -0.134. The molecule has 0 heterocycles. The van der Waals surface area contributed by atoms with Gasteiger partial charge in [0.25, 0.3) is 0 Å². The van der Waals surface area contributed by atoms with Crippen LogP contribution in [0.3, 0.4) is 0 Å². The van der Waals surface area contributed by atoms with Crippen molar-refractivity contribution in [3.05, 3.63) is 61.7 Å². The Labute approximate surface area is 94.2 Å². The average Bonchev–Trinajstić information content (AvgIpc) is 2.32. The van der Waals surface area contributed by atoms with Gasteiger partial charge in [0.15, 0.2) is 0 Å². The van der Waals surface area contributed by atoms with Crippen LogP contribution in [0.4, 0.5) is 0 Å². The van der Waals surface area contributed by atoms with Gasteiger partial charge >= 0.3 is 11.9 Å². The molecular weight excluding hydrogens is 208 g/mol.